The number of hydrogen-bond acceptors (Lipinski definition) is 2. The average Bonchev–Trinajstić information content (AvgIpc) is 2.93. The smallest absolute Gasteiger partial charge is 0.356 e. The molecule has 0 unspecified atom stereocenters. The van der Waals surface area contributed by atoms with Crippen LogP contribution in [0.25, 0.3) is 0 Å². The van der Waals surface area contributed by atoms with Crippen LogP contribution in [0.4, 0.5) is 0 Å². The highest BCUT2D eigenvalue weighted by atomic mass is 16.4. The zero-order valence-corrected chi connectivity index (χ0v) is 9.69. The van der Waals surface area contributed by atoms with Crippen LogP contribution in [0.2, 0.25) is 0 Å². The molecule has 1 aliphatic heterocycles. The van der Waals surface area contributed by atoms with Crippen LogP contribution in [0, 0.1) is 0 Å². The highest BCUT2D eigenvalue weighted by molar-refractivity contribution is 6.82. The Morgan fingerprint density at radius 2 is 1.31 bits per heavy atom. The molecular formula is C12H14B2O2. The first kappa shape index (κ1) is 10.2. The molecule has 16 heavy (non-hydrogen) atoms. The van der Waals surface area contributed by atoms with Gasteiger partial charge in [-0.25, -0.2) is 0 Å². The van der Waals surface area contributed by atoms with Gasteiger partial charge in [0.2, 0.25) is 0 Å². The van der Waals surface area contributed by atoms with Crippen LogP contribution in [-0.4, -0.2) is 28.1 Å². The Hall–Kier alpha value is -0.990. The Morgan fingerprint density at radius 1 is 0.875 bits per heavy atom. The first-order chi connectivity index (χ1) is 7.86. The van der Waals surface area contributed by atoms with E-state index in [9.17, 15) is 0 Å². The topological polar surface area (TPSA) is 18.5 Å². The maximum atomic E-state index is 5.65. The van der Waals surface area contributed by atoms with Crippen LogP contribution in [0.15, 0.2) is 46.2 Å². The Labute approximate surface area is 96.9 Å². The van der Waals surface area contributed by atoms with Gasteiger partial charge in [0.05, 0.1) is 0 Å². The van der Waals surface area contributed by atoms with Crippen LogP contribution < -0.4 is 0 Å². The third kappa shape index (κ3) is 1.23. The summed E-state index contributed by atoms with van der Waals surface area (Å²) in [5.74, 6) is 0. The lowest BCUT2D eigenvalue weighted by atomic mass is 9.37. The van der Waals surface area contributed by atoms with Crippen molar-refractivity contribution in [1.82, 2.24) is 0 Å². The molecule has 80 valence electrons. The lowest BCUT2D eigenvalue weighted by molar-refractivity contribution is 0.424. The van der Waals surface area contributed by atoms with E-state index in [1.165, 1.54) is 21.9 Å². The van der Waals surface area contributed by atoms with Crippen LogP contribution in [0.5, 0.6) is 0 Å². The molecule has 4 heteroatoms. The average molecular weight is 212 g/mol. The fourth-order valence-electron chi connectivity index (χ4n) is 3.02. The van der Waals surface area contributed by atoms with Crippen molar-refractivity contribution in [3.63, 3.8) is 0 Å². The number of rotatable bonds is 2. The van der Waals surface area contributed by atoms with Crippen LogP contribution in [0.1, 0.15) is 12.8 Å². The lowest BCUT2D eigenvalue weighted by Crippen LogP contribution is -2.35. The third-order valence-corrected chi connectivity index (χ3v) is 3.68. The van der Waals surface area contributed by atoms with Gasteiger partial charge in [0.1, 0.15) is 0 Å². The van der Waals surface area contributed by atoms with Gasteiger partial charge in [-0.05, 0) is 12.8 Å². The molecule has 0 saturated carbocycles. The second-order valence-corrected chi connectivity index (χ2v) is 4.41. The molecule has 0 bridgehead atoms. The fourth-order valence-corrected chi connectivity index (χ4v) is 3.02. The summed E-state index contributed by atoms with van der Waals surface area (Å²) >= 11 is 0. The second-order valence-electron chi connectivity index (χ2n) is 4.41. The highest BCUT2D eigenvalue weighted by Gasteiger charge is 2.42. The molecule has 0 spiro atoms. The zero-order chi connectivity index (χ0) is 11.1. The minimum Gasteiger partial charge on any atom is -0.430 e. The monoisotopic (exact) mass is 212 g/mol. The highest BCUT2D eigenvalue weighted by Crippen LogP contribution is 2.39. The summed E-state index contributed by atoms with van der Waals surface area (Å²) in [4.78, 5) is 0. The first-order valence-corrected chi connectivity index (χ1v) is 5.71. The standard InChI is InChI=1S/C12H14B2O2/c1-15-13-9-5-3-7-11(9)14(16-2)12-8-4-6-10(12)13/h3-5,8H,6-7H2,1-2H3. The maximum Gasteiger partial charge on any atom is 0.356 e. The van der Waals surface area contributed by atoms with Crippen molar-refractivity contribution in [2.75, 3.05) is 14.2 Å². The molecule has 0 aromatic rings. The van der Waals surface area contributed by atoms with Gasteiger partial charge in [-0.15, -0.1) is 0 Å². The second kappa shape index (κ2) is 3.79. The summed E-state index contributed by atoms with van der Waals surface area (Å²) in [5, 5.41) is 0. The van der Waals surface area contributed by atoms with Gasteiger partial charge in [-0.2, -0.15) is 0 Å². The molecule has 1 heterocycles. The summed E-state index contributed by atoms with van der Waals surface area (Å²) in [6.45, 7) is 0.287. The lowest BCUT2D eigenvalue weighted by Gasteiger charge is -2.27. The summed E-state index contributed by atoms with van der Waals surface area (Å²) in [6, 6.07) is 0. The van der Waals surface area contributed by atoms with Gasteiger partial charge in [-0.3, -0.25) is 0 Å². The van der Waals surface area contributed by atoms with Crippen LogP contribution >= 0.6 is 0 Å². The van der Waals surface area contributed by atoms with Crippen molar-refractivity contribution in [3.05, 3.63) is 46.2 Å². The van der Waals surface area contributed by atoms with Gasteiger partial charge < -0.3 is 9.31 Å². The van der Waals surface area contributed by atoms with E-state index in [1.807, 2.05) is 0 Å². The largest absolute Gasteiger partial charge is 0.430 e. The summed E-state index contributed by atoms with van der Waals surface area (Å²) < 4.78 is 11.3. The minimum absolute atomic E-state index is 0.144. The molecule has 0 N–H and O–H groups in total. The van der Waals surface area contributed by atoms with Gasteiger partial charge in [-0.1, -0.05) is 46.2 Å². The van der Waals surface area contributed by atoms with E-state index in [4.69, 9.17) is 9.31 Å². The van der Waals surface area contributed by atoms with E-state index >= 15 is 0 Å². The zero-order valence-electron chi connectivity index (χ0n) is 9.69. The van der Waals surface area contributed by atoms with Crippen LogP contribution in [0.3, 0.4) is 0 Å². The molecule has 0 amide bonds. The SMILES string of the molecule is COB1C2=C(CC=C2)B(OC)C2=C1CC=C2. The molecule has 0 saturated heterocycles. The Bertz CT molecular complexity index is 404. The number of hydrogen-bond donors (Lipinski definition) is 0. The van der Waals surface area contributed by atoms with E-state index < -0.39 is 0 Å². The molecule has 3 rings (SSSR count). The van der Waals surface area contributed by atoms with E-state index in [0.29, 0.717) is 0 Å². The molecule has 0 fully saturated rings. The van der Waals surface area contributed by atoms with E-state index in [-0.39, 0.29) is 13.8 Å². The summed E-state index contributed by atoms with van der Waals surface area (Å²) in [6.07, 6.45) is 10.8. The molecule has 0 atom stereocenters. The Kier molecular flexibility index (Phi) is 2.41. The van der Waals surface area contributed by atoms with E-state index in [2.05, 4.69) is 24.3 Å². The molecule has 0 aromatic heterocycles. The van der Waals surface area contributed by atoms with Crippen molar-refractivity contribution >= 4 is 13.8 Å². The van der Waals surface area contributed by atoms with E-state index in [0.717, 1.165) is 12.8 Å². The van der Waals surface area contributed by atoms with Gasteiger partial charge in [0, 0.05) is 14.2 Å². The fraction of sp³-hybridized carbons (Fsp3) is 0.333. The predicted octanol–water partition coefficient (Wildman–Crippen LogP) is 1.95. The Morgan fingerprint density at radius 3 is 1.69 bits per heavy atom. The Balaban J connectivity index is 2.08. The van der Waals surface area contributed by atoms with Crippen molar-refractivity contribution in [2.45, 2.75) is 12.8 Å². The first-order valence-electron chi connectivity index (χ1n) is 5.71. The summed E-state index contributed by atoms with van der Waals surface area (Å²) in [7, 11) is 3.58. The van der Waals surface area contributed by atoms with Crippen molar-refractivity contribution in [2.24, 2.45) is 0 Å². The molecular weight excluding hydrogens is 198 g/mol. The molecule has 2 nitrogen and oxygen atoms in total. The van der Waals surface area contributed by atoms with Crippen molar-refractivity contribution in [1.29, 1.82) is 0 Å². The molecule has 2 aliphatic carbocycles. The number of allylic oxidation sites excluding steroid dienone is 8. The maximum absolute atomic E-state index is 5.65. The van der Waals surface area contributed by atoms with Crippen LogP contribution in [-0.2, 0) is 9.31 Å². The third-order valence-electron chi connectivity index (χ3n) is 3.68. The quantitative estimate of drug-likeness (QED) is 0.651. The summed E-state index contributed by atoms with van der Waals surface area (Å²) in [5.41, 5.74) is 5.38. The van der Waals surface area contributed by atoms with Gasteiger partial charge in [0.15, 0.2) is 0 Å². The van der Waals surface area contributed by atoms with E-state index in [1.54, 1.807) is 14.2 Å². The van der Waals surface area contributed by atoms with Crippen molar-refractivity contribution < 1.29 is 9.31 Å². The minimum atomic E-state index is 0.144. The molecule has 0 aromatic carbocycles. The molecule has 3 aliphatic rings. The van der Waals surface area contributed by atoms with Gasteiger partial charge in [0.25, 0.3) is 0 Å². The van der Waals surface area contributed by atoms with Crippen molar-refractivity contribution in [3.8, 4) is 0 Å². The van der Waals surface area contributed by atoms with Gasteiger partial charge >= 0.3 is 13.8 Å². The predicted molar refractivity (Wildman–Crippen MR) is 67.1 cm³/mol. The normalized spacial score (nSPS) is 22.4. The molecule has 0 radical (unpaired) electrons.